The van der Waals surface area contributed by atoms with Gasteiger partial charge in [-0.1, -0.05) is 91.0 Å². The smallest absolute Gasteiger partial charge is 0.116 e. The molecule has 6 aromatic carbocycles. The van der Waals surface area contributed by atoms with Gasteiger partial charge < -0.3 is 4.57 Å². The number of aromatic nitrogens is 3. The number of hydrogen-bond acceptors (Lipinski definition) is 4. The minimum atomic E-state index is 0.977. The zero-order chi connectivity index (χ0) is 29.5. The molecule has 5 heteroatoms. The number of thiophene rings is 2. The van der Waals surface area contributed by atoms with Crippen molar-refractivity contribution in [3.63, 3.8) is 0 Å². The summed E-state index contributed by atoms with van der Waals surface area (Å²) in [5.41, 5.74) is 9.09. The average molecular weight is 610 g/mol. The van der Waals surface area contributed by atoms with Crippen molar-refractivity contribution >= 4 is 85.0 Å². The maximum atomic E-state index is 4.86. The van der Waals surface area contributed by atoms with Gasteiger partial charge in [0.1, 0.15) is 6.33 Å². The Morgan fingerprint density at radius 3 is 1.98 bits per heavy atom. The summed E-state index contributed by atoms with van der Waals surface area (Å²) in [5, 5.41) is 6.31. The zero-order valence-electron chi connectivity index (χ0n) is 23.9. The van der Waals surface area contributed by atoms with E-state index in [1.807, 2.05) is 11.3 Å². The van der Waals surface area contributed by atoms with E-state index in [1.54, 1.807) is 17.7 Å². The van der Waals surface area contributed by atoms with E-state index in [1.165, 1.54) is 57.8 Å². The van der Waals surface area contributed by atoms with Crippen molar-refractivity contribution in [1.29, 1.82) is 0 Å². The van der Waals surface area contributed by atoms with Crippen LogP contribution in [0.3, 0.4) is 0 Å². The number of para-hydroxylation sites is 2. The van der Waals surface area contributed by atoms with Crippen molar-refractivity contribution in [3.05, 3.63) is 140 Å². The first-order valence-corrected chi connectivity index (χ1v) is 16.6. The van der Waals surface area contributed by atoms with Crippen molar-refractivity contribution in [3.8, 4) is 28.1 Å². The van der Waals surface area contributed by atoms with Gasteiger partial charge >= 0.3 is 0 Å². The van der Waals surface area contributed by atoms with E-state index in [4.69, 9.17) is 9.97 Å². The molecule has 0 bridgehead atoms. The number of rotatable bonds is 3. The number of hydrogen-bond donors (Lipinski definition) is 0. The van der Waals surface area contributed by atoms with Crippen molar-refractivity contribution in [1.82, 2.24) is 14.5 Å². The quantitative estimate of drug-likeness (QED) is 0.199. The van der Waals surface area contributed by atoms with Gasteiger partial charge in [-0.15, -0.1) is 22.7 Å². The Morgan fingerprint density at radius 1 is 0.467 bits per heavy atom. The van der Waals surface area contributed by atoms with Crippen LogP contribution in [0.4, 0.5) is 0 Å². The summed E-state index contributed by atoms with van der Waals surface area (Å²) < 4.78 is 7.34. The summed E-state index contributed by atoms with van der Waals surface area (Å²) in [6, 6.07) is 48.2. The van der Waals surface area contributed by atoms with E-state index in [0.29, 0.717) is 0 Å². The highest BCUT2D eigenvalue weighted by Crippen LogP contribution is 2.43. The van der Waals surface area contributed by atoms with E-state index in [0.717, 1.165) is 32.5 Å². The molecule has 10 aromatic rings. The van der Waals surface area contributed by atoms with Gasteiger partial charge in [0, 0.05) is 52.3 Å². The fraction of sp³-hybridized carbons (Fsp3) is 0. The van der Waals surface area contributed by atoms with E-state index in [9.17, 15) is 0 Å². The maximum absolute atomic E-state index is 4.86. The molecule has 0 saturated heterocycles. The number of nitrogens with zero attached hydrogens (tertiary/aromatic N) is 3. The first-order valence-electron chi connectivity index (χ1n) is 15.0. The highest BCUT2D eigenvalue weighted by molar-refractivity contribution is 7.26. The van der Waals surface area contributed by atoms with Gasteiger partial charge in [0.15, 0.2) is 0 Å². The largest absolute Gasteiger partial charge is 0.309 e. The lowest BCUT2D eigenvalue weighted by Gasteiger charge is -2.08. The third-order valence-corrected chi connectivity index (χ3v) is 11.3. The first-order chi connectivity index (χ1) is 22.3. The van der Waals surface area contributed by atoms with Crippen LogP contribution in [0, 0.1) is 0 Å². The molecule has 0 fully saturated rings. The topological polar surface area (TPSA) is 30.7 Å². The predicted molar refractivity (Wildman–Crippen MR) is 193 cm³/mol. The average Bonchev–Trinajstić information content (AvgIpc) is 3.77. The van der Waals surface area contributed by atoms with Gasteiger partial charge in [-0.3, -0.25) is 0 Å². The Bertz CT molecular complexity index is 2730. The zero-order valence-corrected chi connectivity index (χ0v) is 25.6. The molecule has 0 aliphatic rings. The second kappa shape index (κ2) is 9.57. The Kier molecular flexibility index (Phi) is 5.32. The molecule has 0 unspecified atom stereocenters. The molecule has 0 amide bonds. The molecule has 0 spiro atoms. The summed E-state index contributed by atoms with van der Waals surface area (Å²) in [4.78, 5) is 9.70. The highest BCUT2D eigenvalue weighted by Gasteiger charge is 2.17. The molecule has 10 rings (SSSR count). The maximum Gasteiger partial charge on any atom is 0.116 e. The molecule has 0 aliphatic carbocycles. The van der Waals surface area contributed by atoms with Crippen LogP contribution in [-0.4, -0.2) is 14.5 Å². The van der Waals surface area contributed by atoms with Crippen LogP contribution in [0.5, 0.6) is 0 Å². The Labute approximate surface area is 266 Å². The van der Waals surface area contributed by atoms with Crippen molar-refractivity contribution in [2.45, 2.75) is 0 Å². The third-order valence-electron chi connectivity index (χ3n) is 8.92. The van der Waals surface area contributed by atoms with Gasteiger partial charge in [0.2, 0.25) is 0 Å². The molecule has 210 valence electrons. The van der Waals surface area contributed by atoms with Crippen LogP contribution in [0.1, 0.15) is 0 Å². The monoisotopic (exact) mass is 609 g/mol. The summed E-state index contributed by atoms with van der Waals surface area (Å²) >= 11 is 3.64. The molecule has 0 radical (unpaired) electrons. The summed E-state index contributed by atoms with van der Waals surface area (Å²) in [6.07, 6.45) is 1.72. The Hall–Kier alpha value is -5.36. The van der Waals surface area contributed by atoms with Crippen LogP contribution in [-0.2, 0) is 0 Å². The molecule has 0 atom stereocenters. The van der Waals surface area contributed by atoms with Gasteiger partial charge in [0.05, 0.1) is 26.9 Å². The van der Waals surface area contributed by atoms with Crippen LogP contribution in [0.15, 0.2) is 140 Å². The molecule has 0 saturated carbocycles. The minimum absolute atomic E-state index is 0.977. The third kappa shape index (κ3) is 3.69. The SMILES string of the molecule is c1cc(-c2cccc3c2sc2ccccc23)cc(-c2ncnc3c2sc2ccc(-n4c5ccccc5c5ccccc54)cc23)c1. The molecular formula is C40H23N3S2. The van der Waals surface area contributed by atoms with Gasteiger partial charge in [0.25, 0.3) is 0 Å². The normalized spacial score (nSPS) is 12.0. The lowest BCUT2D eigenvalue weighted by molar-refractivity contribution is 1.19. The molecule has 3 nitrogen and oxygen atoms in total. The number of benzene rings is 6. The van der Waals surface area contributed by atoms with Crippen LogP contribution < -0.4 is 0 Å². The van der Waals surface area contributed by atoms with Crippen LogP contribution in [0.2, 0.25) is 0 Å². The van der Waals surface area contributed by atoms with E-state index in [-0.39, 0.29) is 0 Å². The van der Waals surface area contributed by atoms with E-state index < -0.39 is 0 Å². The highest BCUT2D eigenvalue weighted by atomic mass is 32.1. The molecule has 45 heavy (non-hydrogen) atoms. The van der Waals surface area contributed by atoms with Gasteiger partial charge in [-0.25, -0.2) is 9.97 Å². The first kappa shape index (κ1) is 25.0. The van der Waals surface area contributed by atoms with Gasteiger partial charge in [-0.05, 0) is 53.6 Å². The summed E-state index contributed by atoms with van der Waals surface area (Å²) in [6.45, 7) is 0. The second-order valence-electron chi connectivity index (χ2n) is 11.4. The number of fused-ring (bicyclic) bond motifs is 9. The second-order valence-corrected chi connectivity index (χ2v) is 13.5. The standard InChI is InChI=1S/C40H23N3S2/c1-4-16-33-28(11-1)29-12-2-5-17-34(29)43(33)26-19-20-36-32(22-26)38-40(45-36)37(41-23-42-38)25-10-7-9-24(21-25)27-14-8-15-31-30-13-3-6-18-35(30)44-39(27)31/h1-23H. The van der Waals surface area contributed by atoms with Crippen molar-refractivity contribution < 1.29 is 0 Å². The lowest BCUT2D eigenvalue weighted by Crippen LogP contribution is -1.93. The molecule has 4 heterocycles. The Balaban J connectivity index is 1.14. The van der Waals surface area contributed by atoms with Crippen LogP contribution >= 0.6 is 22.7 Å². The summed E-state index contributed by atoms with van der Waals surface area (Å²) in [5.74, 6) is 0. The van der Waals surface area contributed by atoms with Crippen LogP contribution in [0.25, 0.3) is 90.4 Å². The molecule has 4 aromatic heterocycles. The van der Waals surface area contributed by atoms with Crippen molar-refractivity contribution in [2.75, 3.05) is 0 Å². The predicted octanol–water partition coefficient (Wildman–Crippen LogP) is 11.6. The molecule has 0 aliphatic heterocycles. The van der Waals surface area contributed by atoms with Gasteiger partial charge in [-0.2, -0.15) is 0 Å². The minimum Gasteiger partial charge on any atom is -0.309 e. The fourth-order valence-corrected chi connectivity index (χ4v) is 9.30. The molecular weight excluding hydrogens is 587 g/mol. The Morgan fingerprint density at radius 2 is 1.13 bits per heavy atom. The fourth-order valence-electron chi connectivity index (χ4n) is 6.92. The lowest BCUT2D eigenvalue weighted by atomic mass is 9.99. The summed E-state index contributed by atoms with van der Waals surface area (Å²) in [7, 11) is 0. The van der Waals surface area contributed by atoms with E-state index >= 15 is 0 Å². The van der Waals surface area contributed by atoms with E-state index in [2.05, 4.69) is 138 Å². The molecule has 0 N–H and O–H groups in total. The van der Waals surface area contributed by atoms with Crippen molar-refractivity contribution in [2.24, 2.45) is 0 Å².